The minimum absolute atomic E-state index is 0.146. The maximum Gasteiger partial charge on any atom is 0.309 e. The number of hydrogen-bond donors (Lipinski definition) is 1. The van der Waals surface area contributed by atoms with Gasteiger partial charge in [-0.3, -0.25) is 4.79 Å². The van der Waals surface area contributed by atoms with E-state index in [0.29, 0.717) is 5.92 Å². The van der Waals surface area contributed by atoms with Gasteiger partial charge in [0.15, 0.2) is 0 Å². The molecular formula is C14H29NO3. The summed E-state index contributed by atoms with van der Waals surface area (Å²) in [6.45, 7) is 9.93. The Kier molecular flexibility index (Phi) is 7.48. The van der Waals surface area contributed by atoms with Gasteiger partial charge in [0.25, 0.3) is 0 Å². The molecule has 0 saturated carbocycles. The van der Waals surface area contributed by atoms with Gasteiger partial charge >= 0.3 is 5.97 Å². The Morgan fingerprint density at radius 3 is 2.17 bits per heavy atom. The molecule has 0 rings (SSSR count). The number of methoxy groups -OCH3 is 1. The van der Waals surface area contributed by atoms with Gasteiger partial charge < -0.3 is 14.8 Å². The normalized spacial score (nSPS) is 15.6. The average Bonchev–Trinajstić information content (AvgIpc) is 2.20. The molecule has 1 N–H and O–H groups in total. The minimum atomic E-state index is -0.442. The maximum absolute atomic E-state index is 11.8. The average molecular weight is 259 g/mol. The summed E-state index contributed by atoms with van der Waals surface area (Å²) in [7, 11) is 3.54. The van der Waals surface area contributed by atoms with Crippen LogP contribution in [0.3, 0.4) is 0 Å². The SMILES string of the molecule is CN[C@@H](CC(C)C)[C@@H](CC(=O)OC(C)(C)C)OC. The van der Waals surface area contributed by atoms with Crippen LogP contribution in [0.4, 0.5) is 0 Å². The summed E-state index contributed by atoms with van der Waals surface area (Å²) in [4.78, 5) is 11.8. The largest absolute Gasteiger partial charge is 0.460 e. The van der Waals surface area contributed by atoms with Crippen molar-refractivity contribution in [3.63, 3.8) is 0 Å². The molecule has 0 aliphatic carbocycles. The Balaban J connectivity index is 4.43. The summed E-state index contributed by atoms with van der Waals surface area (Å²) in [6.07, 6.45) is 1.11. The predicted octanol–water partition coefficient (Wildman–Crippen LogP) is 2.37. The summed E-state index contributed by atoms with van der Waals surface area (Å²) < 4.78 is 10.7. The lowest BCUT2D eigenvalue weighted by Gasteiger charge is -2.28. The van der Waals surface area contributed by atoms with Crippen molar-refractivity contribution in [2.24, 2.45) is 5.92 Å². The molecule has 108 valence electrons. The number of ether oxygens (including phenoxy) is 2. The van der Waals surface area contributed by atoms with Crippen LogP contribution >= 0.6 is 0 Å². The topological polar surface area (TPSA) is 47.6 Å². The minimum Gasteiger partial charge on any atom is -0.460 e. The fourth-order valence-corrected chi connectivity index (χ4v) is 1.90. The molecule has 0 aliphatic heterocycles. The highest BCUT2D eigenvalue weighted by Crippen LogP contribution is 2.16. The molecule has 0 spiro atoms. The number of rotatable bonds is 7. The van der Waals surface area contributed by atoms with Gasteiger partial charge in [0.1, 0.15) is 5.60 Å². The molecule has 0 amide bonds. The van der Waals surface area contributed by atoms with E-state index in [9.17, 15) is 4.79 Å². The Hall–Kier alpha value is -0.610. The molecule has 0 fully saturated rings. The van der Waals surface area contributed by atoms with Crippen molar-refractivity contribution in [1.29, 1.82) is 0 Å². The van der Waals surface area contributed by atoms with Crippen LogP contribution in [0.2, 0.25) is 0 Å². The quantitative estimate of drug-likeness (QED) is 0.713. The van der Waals surface area contributed by atoms with Gasteiger partial charge in [0, 0.05) is 13.2 Å². The van der Waals surface area contributed by atoms with E-state index >= 15 is 0 Å². The summed E-state index contributed by atoms with van der Waals surface area (Å²) in [5, 5.41) is 3.22. The Bertz CT molecular complexity index is 246. The van der Waals surface area contributed by atoms with E-state index in [0.717, 1.165) is 6.42 Å². The molecule has 2 atom stereocenters. The standard InChI is InChI=1S/C14H29NO3/c1-10(2)8-11(15-6)12(17-7)9-13(16)18-14(3,4)5/h10-12,15H,8-9H2,1-7H3/t11-,12+/m0/s1. The van der Waals surface area contributed by atoms with Gasteiger partial charge in [-0.2, -0.15) is 0 Å². The highest BCUT2D eigenvalue weighted by molar-refractivity contribution is 5.70. The number of esters is 1. The Morgan fingerprint density at radius 2 is 1.83 bits per heavy atom. The van der Waals surface area contributed by atoms with Crippen molar-refractivity contribution in [2.45, 2.75) is 65.2 Å². The van der Waals surface area contributed by atoms with Crippen molar-refractivity contribution < 1.29 is 14.3 Å². The molecule has 0 radical (unpaired) electrons. The third-order valence-corrected chi connectivity index (χ3v) is 2.64. The molecule has 0 aromatic carbocycles. The molecule has 4 heteroatoms. The first-order chi connectivity index (χ1) is 8.19. The van der Waals surface area contributed by atoms with Crippen LogP contribution in [0.5, 0.6) is 0 Å². The molecule has 0 aromatic rings. The number of carbonyl (C=O) groups is 1. The first-order valence-corrected chi connectivity index (χ1v) is 6.61. The molecular weight excluding hydrogens is 230 g/mol. The monoisotopic (exact) mass is 259 g/mol. The second kappa shape index (κ2) is 7.74. The smallest absolute Gasteiger partial charge is 0.309 e. The predicted molar refractivity (Wildman–Crippen MR) is 73.6 cm³/mol. The van der Waals surface area contributed by atoms with Crippen molar-refractivity contribution in [2.75, 3.05) is 14.2 Å². The van der Waals surface area contributed by atoms with E-state index in [1.165, 1.54) is 0 Å². The van der Waals surface area contributed by atoms with Gasteiger partial charge in [-0.15, -0.1) is 0 Å². The summed E-state index contributed by atoms with van der Waals surface area (Å²) >= 11 is 0. The van der Waals surface area contributed by atoms with Crippen molar-refractivity contribution in [1.82, 2.24) is 5.32 Å². The molecule has 0 aliphatic rings. The van der Waals surface area contributed by atoms with Crippen LogP contribution in [-0.2, 0) is 14.3 Å². The summed E-state index contributed by atoms with van der Waals surface area (Å²) in [5.74, 6) is 0.345. The van der Waals surface area contributed by atoms with Gasteiger partial charge in [-0.25, -0.2) is 0 Å². The van der Waals surface area contributed by atoms with Gasteiger partial charge in [0.05, 0.1) is 12.5 Å². The zero-order valence-electron chi connectivity index (χ0n) is 12.9. The van der Waals surface area contributed by atoms with Gasteiger partial charge in [0.2, 0.25) is 0 Å². The molecule has 0 unspecified atom stereocenters. The first kappa shape index (κ1) is 17.4. The van der Waals surface area contributed by atoms with E-state index in [1.54, 1.807) is 7.11 Å². The maximum atomic E-state index is 11.8. The fraction of sp³-hybridized carbons (Fsp3) is 0.929. The second-order valence-corrected chi connectivity index (χ2v) is 6.09. The van der Waals surface area contributed by atoms with Gasteiger partial charge in [-0.05, 0) is 40.2 Å². The highest BCUT2D eigenvalue weighted by atomic mass is 16.6. The Labute approximate surface area is 111 Å². The zero-order valence-corrected chi connectivity index (χ0v) is 12.9. The Morgan fingerprint density at radius 1 is 1.28 bits per heavy atom. The number of carbonyl (C=O) groups excluding carboxylic acids is 1. The van der Waals surface area contributed by atoms with E-state index in [4.69, 9.17) is 9.47 Å². The van der Waals surface area contributed by atoms with Gasteiger partial charge in [-0.1, -0.05) is 13.8 Å². The highest BCUT2D eigenvalue weighted by Gasteiger charge is 2.26. The van der Waals surface area contributed by atoms with E-state index < -0.39 is 5.60 Å². The third-order valence-electron chi connectivity index (χ3n) is 2.64. The first-order valence-electron chi connectivity index (χ1n) is 6.61. The van der Waals surface area contributed by atoms with Crippen molar-refractivity contribution in [3.8, 4) is 0 Å². The second-order valence-electron chi connectivity index (χ2n) is 6.09. The zero-order chi connectivity index (χ0) is 14.3. The van der Waals surface area contributed by atoms with Crippen LogP contribution in [0.1, 0.15) is 47.5 Å². The molecule has 0 saturated heterocycles. The molecule has 18 heavy (non-hydrogen) atoms. The van der Waals surface area contributed by atoms with Crippen LogP contribution in [-0.4, -0.2) is 37.9 Å². The lowest BCUT2D eigenvalue weighted by molar-refractivity contribution is -0.158. The fourth-order valence-electron chi connectivity index (χ4n) is 1.90. The van der Waals surface area contributed by atoms with E-state index in [-0.39, 0.29) is 24.5 Å². The lowest BCUT2D eigenvalue weighted by atomic mass is 9.97. The van der Waals surface area contributed by atoms with E-state index in [2.05, 4.69) is 19.2 Å². The van der Waals surface area contributed by atoms with Crippen LogP contribution in [0.15, 0.2) is 0 Å². The van der Waals surface area contributed by atoms with Crippen molar-refractivity contribution >= 4 is 5.97 Å². The molecule has 0 heterocycles. The van der Waals surface area contributed by atoms with E-state index in [1.807, 2.05) is 27.8 Å². The summed E-state index contributed by atoms with van der Waals surface area (Å²) in [5.41, 5.74) is -0.442. The number of nitrogens with one attached hydrogen (secondary N) is 1. The van der Waals surface area contributed by atoms with Crippen LogP contribution in [0, 0.1) is 5.92 Å². The number of hydrogen-bond acceptors (Lipinski definition) is 4. The van der Waals surface area contributed by atoms with Crippen molar-refractivity contribution in [3.05, 3.63) is 0 Å². The lowest BCUT2D eigenvalue weighted by Crippen LogP contribution is -2.42. The molecule has 0 aromatic heterocycles. The molecule has 4 nitrogen and oxygen atoms in total. The number of likely N-dealkylation sites (N-methyl/N-ethyl adjacent to an activating group) is 1. The summed E-state index contributed by atoms with van der Waals surface area (Å²) in [6, 6.07) is 0.169. The van der Waals surface area contributed by atoms with Crippen LogP contribution in [0.25, 0.3) is 0 Å². The molecule has 0 bridgehead atoms. The third kappa shape index (κ3) is 7.67. The van der Waals surface area contributed by atoms with Crippen LogP contribution < -0.4 is 5.32 Å².